The summed E-state index contributed by atoms with van der Waals surface area (Å²) < 4.78 is 0. The number of rotatable bonds is 3. The SMILES string of the molecule is Cc1cccc(NC(=O)c2cc(-c3ccc(Cl)cc3)n[nH]2)c1. The second-order valence-electron chi connectivity index (χ2n) is 5.00. The second-order valence-corrected chi connectivity index (χ2v) is 5.43. The topological polar surface area (TPSA) is 57.8 Å². The molecule has 0 aliphatic rings. The van der Waals surface area contributed by atoms with E-state index in [9.17, 15) is 4.79 Å². The average molecular weight is 312 g/mol. The Morgan fingerprint density at radius 3 is 2.64 bits per heavy atom. The lowest BCUT2D eigenvalue weighted by molar-refractivity contribution is 0.102. The minimum atomic E-state index is -0.224. The van der Waals surface area contributed by atoms with Crippen molar-refractivity contribution in [3.8, 4) is 11.3 Å². The van der Waals surface area contributed by atoms with Gasteiger partial charge in [-0.3, -0.25) is 9.89 Å². The van der Waals surface area contributed by atoms with Crippen LogP contribution in [0.1, 0.15) is 16.1 Å². The summed E-state index contributed by atoms with van der Waals surface area (Å²) in [7, 11) is 0. The number of nitrogens with one attached hydrogen (secondary N) is 2. The van der Waals surface area contributed by atoms with Crippen molar-refractivity contribution in [2.24, 2.45) is 0 Å². The third kappa shape index (κ3) is 3.18. The van der Waals surface area contributed by atoms with E-state index in [2.05, 4.69) is 15.5 Å². The molecule has 0 fully saturated rings. The lowest BCUT2D eigenvalue weighted by Crippen LogP contribution is -2.12. The Bertz CT molecular complexity index is 809. The molecule has 2 N–H and O–H groups in total. The van der Waals surface area contributed by atoms with Crippen molar-refractivity contribution in [1.29, 1.82) is 0 Å². The van der Waals surface area contributed by atoms with Gasteiger partial charge < -0.3 is 5.32 Å². The highest BCUT2D eigenvalue weighted by atomic mass is 35.5. The number of hydrogen-bond donors (Lipinski definition) is 2. The molecular weight excluding hydrogens is 298 g/mol. The highest BCUT2D eigenvalue weighted by molar-refractivity contribution is 6.30. The monoisotopic (exact) mass is 311 g/mol. The van der Waals surface area contributed by atoms with Gasteiger partial charge in [-0.25, -0.2) is 0 Å². The number of benzene rings is 2. The van der Waals surface area contributed by atoms with Crippen LogP contribution in [0, 0.1) is 6.92 Å². The first-order valence-electron chi connectivity index (χ1n) is 6.81. The van der Waals surface area contributed by atoms with E-state index in [-0.39, 0.29) is 5.91 Å². The van der Waals surface area contributed by atoms with E-state index in [1.54, 1.807) is 18.2 Å². The van der Waals surface area contributed by atoms with Crippen molar-refractivity contribution in [1.82, 2.24) is 10.2 Å². The average Bonchev–Trinajstić information content (AvgIpc) is 2.98. The summed E-state index contributed by atoms with van der Waals surface area (Å²) in [6.45, 7) is 1.98. The second kappa shape index (κ2) is 6.03. The van der Waals surface area contributed by atoms with Crippen molar-refractivity contribution >= 4 is 23.2 Å². The molecule has 0 bridgehead atoms. The summed E-state index contributed by atoms with van der Waals surface area (Å²) in [6, 6.07) is 16.7. The van der Waals surface area contributed by atoms with Gasteiger partial charge in [0.25, 0.3) is 5.91 Å². The Hall–Kier alpha value is -2.59. The Morgan fingerprint density at radius 2 is 1.91 bits per heavy atom. The summed E-state index contributed by atoms with van der Waals surface area (Å²) in [6.07, 6.45) is 0. The molecule has 1 aromatic heterocycles. The van der Waals surface area contributed by atoms with E-state index in [4.69, 9.17) is 11.6 Å². The number of carbonyl (C=O) groups is 1. The predicted molar refractivity (Wildman–Crippen MR) is 88.2 cm³/mol. The van der Waals surface area contributed by atoms with Gasteiger partial charge in [-0.15, -0.1) is 0 Å². The third-order valence-corrected chi connectivity index (χ3v) is 3.49. The maximum atomic E-state index is 12.2. The predicted octanol–water partition coefficient (Wildman–Crippen LogP) is 4.29. The summed E-state index contributed by atoms with van der Waals surface area (Å²) >= 11 is 5.87. The Kier molecular flexibility index (Phi) is 3.94. The van der Waals surface area contributed by atoms with Crippen molar-refractivity contribution in [3.63, 3.8) is 0 Å². The number of aromatic nitrogens is 2. The molecule has 0 aliphatic carbocycles. The van der Waals surface area contributed by atoms with Gasteiger partial charge in [0.05, 0.1) is 5.69 Å². The van der Waals surface area contributed by atoms with Crippen molar-refractivity contribution < 1.29 is 4.79 Å². The molecule has 110 valence electrons. The standard InChI is InChI=1S/C17H14ClN3O/c1-11-3-2-4-14(9-11)19-17(22)16-10-15(20-21-16)12-5-7-13(18)8-6-12/h2-10H,1H3,(H,19,22)(H,20,21). The summed E-state index contributed by atoms with van der Waals surface area (Å²) in [5.74, 6) is -0.224. The molecule has 0 spiro atoms. The van der Waals surface area contributed by atoms with Crippen LogP contribution in [0.5, 0.6) is 0 Å². The lowest BCUT2D eigenvalue weighted by atomic mass is 10.1. The van der Waals surface area contributed by atoms with Gasteiger partial charge in [-0.2, -0.15) is 5.10 Å². The fraction of sp³-hybridized carbons (Fsp3) is 0.0588. The zero-order valence-corrected chi connectivity index (χ0v) is 12.7. The van der Waals surface area contributed by atoms with E-state index >= 15 is 0 Å². The molecule has 1 heterocycles. The summed E-state index contributed by atoms with van der Waals surface area (Å²) in [5.41, 5.74) is 3.85. The molecule has 3 aromatic rings. The highest BCUT2D eigenvalue weighted by Crippen LogP contribution is 2.20. The van der Waals surface area contributed by atoms with Crippen molar-refractivity contribution in [2.75, 3.05) is 5.32 Å². The number of aromatic amines is 1. The molecule has 2 aromatic carbocycles. The minimum absolute atomic E-state index is 0.224. The molecule has 0 atom stereocenters. The van der Waals surface area contributed by atoms with Crippen LogP contribution in [0.3, 0.4) is 0 Å². The van der Waals surface area contributed by atoms with Gasteiger partial charge in [-0.1, -0.05) is 35.9 Å². The van der Waals surface area contributed by atoms with Crippen molar-refractivity contribution in [2.45, 2.75) is 6.92 Å². The van der Waals surface area contributed by atoms with E-state index in [1.807, 2.05) is 43.3 Å². The van der Waals surface area contributed by atoms with Gasteiger partial charge >= 0.3 is 0 Å². The van der Waals surface area contributed by atoms with Gasteiger partial charge in [0.2, 0.25) is 0 Å². The van der Waals surface area contributed by atoms with Gasteiger partial charge in [-0.05, 0) is 42.8 Å². The molecular formula is C17H14ClN3O. The van der Waals surface area contributed by atoms with Crippen LogP contribution >= 0.6 is 11.6 Å². The molecule has 5 heteroatoms. The number of amides is 1. The molecule has 3 rings (SSSR count). The van der Waals surface area contributed by atoms with E-state index < -0.39 is 0 Å². The zero-order chi connectivity index (χ0) is 15.5. The fourth-order valence-electron chi connectivity index (χ4n) is 2.13. The zero-order valence-electron chi connectivity index (χ0n) is 11.9. The Balaban J connectivity index is 1.78. The quantitative estimate of drug-likeness (QED) is 0.758. The molecule has 0 saturated carbocycles. The molecule has 0 unspecified atom stereocenters. The Labute approximate surface area is 133 Å². The number of nitrogens with zero attached hydrogens (tertiary/aromatic N) is 1. The van der Waals surface area contributed by atoms with E-state index in [0.29, 0.717) is 16.4 Å². The maximum Gasteiger partial charge on any atom is 0.273 e. The minimum Gasteiger partial charge on any atom is -0.321 e. The molecule has 4 nitrogen and oxygen atoms in total. The van der Waals surface area contributed by atoms with Crippen LogP contribution in [0.2, 0.25) is 5.02 Å². The van der Waals surface area contributed by atoms with E-state index in [1.165, 1.54) is 0 Å². The first-order valence-corrected chi connectivity index (χ1v) is 7.19. The molecule has 0 radical (unpaired) electrons. The molecule has 1 amide bonds. The first-order chi connectivity index (χ1) is 10.6. The Morgan fingerprint density at radius 1 is 1.14 bits per heavy atom. The van der Waals surface area contributed by atoms with Crippen LogP contribution in [0.25, 0.3) is 11.3 Å². The molecule has 0 aliphatic heterocycles. The lowest BCUT2D eigenvalue weighted by Gasteiger charge is -2.03. The van der Waals surface area contributed by atoms with Gasteiger partial charge in [0.15, 0.2) is 0 Å². The third-order valence-electron chi connectivity index (χ3n) is 3.24. The van der Waals surface area contributed by atoms with E-state index in [0.717, 1.165) is 16.8 Å². The number of anilines is 1. The van der Waals surface area contributed by atoms with Gasteiger partial charge in [0, 0.05) is 16.3 Å². The van der Waals surface area contributed by atoms with Crippen LogP contribution in [0.4, 0.5) is 5.69 Å². The maximum absolute atomic E-state index is 12.2. The number of hydrogen-bond acceptors (Lipinski definition) is 2. The largest absolute Gasteiger partial charge is 0.321 e. The van der Waals surface area contributed by atoms with Crippen LogP contribution in [0.15, 0.2) is 54.6 Å². The van der Waals surface area contributed by atoms with Crippen LogP contribution in [-0.4, -0.2) is 16.1 Å². The number of halogens is 1. The number of aryl methyl sites for hydroxylation is 1. The van der Waals surface area contributed by atoms with Crippen LogP contribution in [-0.2, 0) is 0 Å². The number of H-pyrrole nitrogens is 1. The van der Waals surface area contributed by atoms with Gasteiger partial charge in [0.1, 0.15) is 5.69 Å². The summed E-state index contributed by atoms with van der Waals surface area (Å²) in [5, 5.41) is 10.4. The summed E-state index contributed by atoms with van der Waals surface area (Å²) in [4.78, 5) is 12.2. The molecule has 0 saturated heterocycles. The fourth-order valence-corrected chi connectivity index (χ4v) is 2.25. The smallest absolute Gasteiger partial charge is 0.273 e. The van der Waals surface area contributed by atoms with Crippen LogP contribution < -0.4 is 5.32 Å². The van der Waals surface area contributed by atoms with Crippen molar-refractivity contribution in [3.05, 3.63) is 70.9 Å². The highest BCUT2D eigenvalue weighted by Gasteiger charge is 2.11. The molecule has 22 heavy (non-hydrogen) atoms. The first kappa shape index (κ1) is 14.4. The normalized spacial score (nSPS) is 10.5. The number of carbonyl (C=O) groups excluding carboxylic acids is 1.